The highest BCUT2D eigenvalue weighted by atomic mass is 32.1. The van der Waals surface area contributed by atoms with E-state index in [0.717, 1.165) is 25.7 Å². The second kappa shape index (κ2) is 12.8. The third kappa shape index (κ3) is 7.28. The average Bonchev–Trinajstić information content (AvgIpc) is 3.44. The van der Waals surface area contributed by atoms with E-state index in [4.69, 9.17) is 15.7 Å². The molecule has 3 rings (SSSR count). The van der Waals surface area contributed by atoms with Crippen molar-refractivity contribution in [2.24, 2.45) is 17.3 Å². The monoisotopic (exact) mass is 545 g/mol. The van der Waals surface area contributed by atoms with Gasteiger partial charge in [-0.25, -0.2) is 11.4 Å². The van der Waals surface area contributed by atoms with E-state index >= 15 is 0 Å². The summed E-state index contributed by atoms with van der Waals surface area (Å²) in [5, 5.41) is 0.232. The summed E-state index contributed by atoms with van der Waals surface area (Å²) in [7, 11) is -0.390. The fourth-order valence-corrected chi connectivity index (χ4v) is 8.83. The van der Waals surface area contributed by atoms with Gasteiger partial charge in [0.1, 0.15) is 4.88 Å². The highest BCUT2D eigenvalue weighted by molar-refractivity contribution is 7.13. The number of rotatable bonds is 13. The van der Waals surface area contributed by atoms with E-state index in [1.807, 2.05) is 6.07 Å². The van der Waals surface area contributed by atoms with Crippen LogP contribution in [0.1, 0.15) is 113 Å². The third-order valence-electron chi connectivity index (χ3n) is 10.1. The average molecular weight is 546 g/mol. The largest absolute Gasteiger partial charge is 0.465 e. The molecule has 1 heterocycles. The van der Waals surface area contributed by atoms with E-state index in [1.165, 1.54) is 63.4 Å². The van der Waals surface area contributed by atoms with Crippen LogP contribution in [-0.2, 0) is 15.6 Å². The predicted molar refractivity (Wildman–Crippen MR) is 158 cm³/mol. The Hall–Kier alpha value is -1.16. The SMILES string of the molecule is [C-]#[N+][C@@H]1CC[C@H](CCCc2ccc(C(=O)OC)s2)[C@H]1CCCC(O[Si](C)(C)C(C)(C)C)C1(CC)CCC1. The Morgan fingerprint density at radius 2 is 1.95 bits per heavy atom. The van der Waals surface area contributed by atoms with E-state index in [0.29, 0.717) is 28.2 Å². The summed E-state index contributed by atoms with van der Waals surface area (Å²) in [5.41, 5.74) is 0.382. The fraction of sp³-hybridized carbons (Fsp3) is 0.806. The van der Waals surface area contributed by atoms with Crippen molar-refractivity contribution >= 4 is 25.6 Å². The van der Waals surface area contributed by atoms with E-state index in [1.54, 1.807) is 11.3 Å². The van der Waals surface area contributed by atoms with Gasteiger partial charge in [-0.05, 0) is 99.4 Å². The minimum Gasteiger partial charge on any atom is -0.465 e. The summed E-state index contributed by atoms with van der Waals surface area (Å²) in [6.45, 7) is 22.1. The van der Waals surface area contributed by atoms with Gasteiger partial charge in [0.05, 0.1) is 13.2 Å². The zero-order chi connectivity index (χ0) is 27.3. The molecule has 0 saturated heterocycles. The lowest BCUT2D eigenvalue weighted by Gasteiger charge is -2.51. The smallest absolute Gasteiger partial charge is 0.348 e. The van der Waals surface area contributed by atoms with Crippen molar-refractivity contribution in [1.29, 1.82) is 0 Å². The minimum atomic E-state index is -1.83. The highest BCUT2D eigenvalue weighted by Gasteiger charge is 2.48. The second-order valence-corrected chi connectivity index (χ2v) is 19.1. The van der Waals surface area contributed by atoms with Gasteiger partial charge in [-0.1, -0.05) is 40.5 Å². The number of methoxy groups -OCH3 is 1. The Bertz CT molecular complexity index is 918. The lowest BCUT2D eigenvalue weighted by Crippen LogP contribution is -2.51. The van der Waals surface area contributed by atoms with Crippen LogP contribution in [0, 0.1) is 23.8 Å². The van der Waals surface area contributed by atoms with Crippen LogP contribution in [0.15, 0.2) is 12.1 Å². The summed E-state index contributed by atoms with van der Waals surface area (Å²) < 4.78 is 12.0. The fourth-order valence-electron chi connectivity index (χ4n) is 6.43. The zero-order valence-corrected chi connectivity index (χ0v) is 26.3. The third-order valence-corrected chi connectivity index (χ3v) is 15.7. The lowest BCUT2D eigenvalue weighted by molar-refractivity contribution is -0.0354. The van der Waals surface area contributed by atoms with Gasteiger partial charge in [0.25, 0.3) is 0 Å². The van der Waals surface area contributed by atoms with E-state index in [2.05, 4.69) is 51.7 Å². The van der Waals surface area contributed by atoms with Crippen LogP contribution in [0.4, 0.5) is 0 Å². The molecule has 4 nitrogen and oxygen atoms in total. The zero-order valence-electron chi connectivity index (χ0n) is 24.5. The molecule has 0 bridgehead atoms. The molecule has 1 aromatic heterocycles. The number of ether oxygens (including phenoxy) is 1. The Balaban J connectivity index is 1.57. The van der Waals surface area contributed by atoms with Gasteiger partial charge in [0.15, 0.2) is 8.32 Å². The van der Waals surface area contributed by atoms with Crippen molar-refractivity contribution in [2.45, 2.75) is 135 Å². The van der Waals surface area contributed by atoms with Crippen molar-refractivity contribution < 1.29 is 14.0 Å². The number of nitrogens with zero attached hydrogens (tertiary/aromatic N) is 1. The predicted octanol–water partition coefficient (Wildman–Crippen LogP) is 9.31. The summed E-state index contributed by atoms with van der Waals surface area (Å²) in [5.74, 6) is 0.941. The molecular weight excluding hydrogens is 494 g/mol. The first-order valence-corrected chi connectivity index (χ1v) is 18.4. The molecule has 2 saturated carbocycles. The number of hydrogen-bond donors (Lipinski definition) is 0. The molecule has 0 amide bonds. The molecule has 0 radical (unpaired) electrons. The van der Waals surface area contributed by atoms with Crippen molar-refractivity contribution in [2.75, 3.05) is 7.11 Å². The number of carbonyl (C=O) groups excluding carboxylic acids is 1. The second-order valence-electron chi connectivity index (χ2n) is 13.2. The summed E-state index contributed by atoms with van der Waals surface area (Å²) in [6, 6.07) is 4.14. The van der Waals surface area contributed by atoms with Crippen LogP contribution in [0.2, 0.25) is 18.1 Å². The summed E-state index contributed by atoms with van der Waals surface area (Å²) >= 11 is 1.56. The molecule has 1 aromatic rings. The minimum absolute atomic E-state index is 0.196. The Morgan fingerprint density at radius 3 is 2.51 bits per heavy atom. The van der Waals surface area contributed by atoms with Crippen molar-refractivity contribution in [3.8, 4) is 0 Å². The maximum absolute atomic E-state index is 11.8. The summed E-state index contributed by atoms with van der Waals surface area (Å²) in [4.78, 5) is 17.8. The topological polar surface area (TPSA) is 39.9 Å². The molecule has 0 N–H and O–H groups in total. The molecule has 0 aliphatic heterocycles. The molecule has 2 fully saturated rings. The molecule has 6 heteroatoms. The van der Waals surface area contributed by atoms with Crippen LogP contribution in [-0.4, -0.2) is 33.5 Å². The van der Waals surface area contributed by atoms with Crippen LogP contribution in [0.5, 0.6) is 0 Å². The van der Waals surface area contributed by atoms with Gasteiger partial charge in [0, 0.05) is 17.2 Å². The van der Waals surface area contributed by atoms with Gasteiger partial charge < -0.3 is 14.0 Å². The normalized spacial score (nSPS) is 24.3. The first-order chi connectivity index (χ1) is 17.5. The Kier molecular flexibility index (Phi) is 10.5. The lowest BCUT2D eigenvalue weighted by atomic mass is 9.62. The van der Waals surface area contributed by atoms with Crippen molar-refractivity contribution in [1.82, 2.24) is 0 Å². The Morgan fingerprint density at radius 1 is 1.22 bits per heavy atom. The molecular formula is C31H51NO3SSi. The molecule has 208 valence electrons. The van der Waals surface area contributed by atoms with Gasteiger partial charge >= 0.3 is 5.97 Å². The van der Waals surface area contributed by atoms with Crippen LogP contribution in [0.25, 0.3) is 4.85 Å². The highest BCUT2D eigenvalue weighted by Crippen LogP contribution is 2.52. The molecule has 1 unspecified atom stereocenters. The van der Waals surface area contributed by atoms with Gasteiger partial charge in [-0.3, -0.25) is 0 Å². The number of carbonyl (C=O) groups is 1. The maximum Gasteiger partial charge on any atom is 0.348 e. The quantitative estimate of drug-likeness (QED) is 0.141. The first-order valence-electron chi connectivity index (χ1n) is 14.7. The number of aryl methyl sites for hydroxylation is 1. The molecule has 4 atom stereocenters. The molecule has 0 spiro atoms. The van der Waals surface area contributed by atoms with E-state index in [9.17, 15) is 4.79 Å². The van der Waals surface area contributed by atoms with E-state index in [-0.39, 0.29) is 17.0 Å². The molecule has 0 aromatic carbocycles. The Labute approximate surface area is 231 Å². The molecule has 37 heavy (non-hydrogen) atoms. The molecule has 2 aliphatic rings. The van der Waals surface area contributed by atoms with Crippen LogP contribution < -0.4 is 0 Å². The van der Waals surface area contributed by atoms with Crippen molar-refractivity contribution in [3.05, 3.63) is 33.3 Å². The molecule has 2 aliphatic carbocycles. The van der Waals surface area contributed by atoms with Gasteiger partial charge in [-0.15, -0.1) is 11.3 Å². The standard InChI is InChI=1S/C31H51NO3SSi/c1-9-31(21-12-22-31)28(35-37(7,8)30(2,3)4)16-11-15-25-23(17-19-26(25)32-5)13-10-14-24-18-20-27(36-24)29(33)34-6/h18,20,23,25-26,28H,9-17,19,21-22H2,1-4,6-8H3/t23-,25+,26+,28?/m0/s1. The van der Waals surface area contributed by atoms with Crippen LogP contribution >= 0.6 is 11.3 Å². The number of esters is 1. The summed E-state index contributed by atoms with van der Waals surface area (Å²) in [6.07, 6.45) is 14.7. The van der Waals surface area contributed by atoms with Gasteiger partial charge in [0.2, 0.25) is 6.04 Å². The maximum atomic E-state index is 11.8. The van der Waals surface area contributed by atoms with Gasteiger partial charge in [-0.2, -0.15) is 0 Å². The number of hydrogen-bond acceptors (Lipinski definition) is 4. The van der Waals surface area contributed by atoms with Crippen molar-refractivity contribution in [3.63, 3.8) is 0 Å². The number of thiophene rings is 1. The van der Waals surface area contributed by atoms with E-state index < -0.39 is 8.32 Å². The van der Waals surface area contributed by atoms with Crippen LogP contribution in [0.3, 0.4) is 0 Å². The first kappa shape index (κ1) is 30.4.